The van der Waals surface area contributed by atoms with Crippen molar-refractivity contribution < 1.29 is 14.4 Å². The van der Waals surface area contributed by atoms with Crippen molar-refractivity contribution >= 4 is 29.1 Å². The number of carbonyl (C=O) groups excluding carboxylic acids is 3. The molecule has 120 valence electrons. The van der Waals surface area contributed by atoms with E-state index in [0.29, 0.717) is 11.4 Å². The van der Waals surface area contributed by atoms with Crippen LogP contribution in [0.3, 0.4) is 0 Å². The van der Waals surface area contributed by atoms with Crippen molar-refractivity contribution in [2.45, 2.75) is 40.2 Å². The van der Waals surface area contributed by atoms with Crippen LogP contribution in [0.15, 0.2) is 24.3 Å². The average molecular weight is 305 g/mol. The molecule has 0 aliphatic carbocycles. The van der Waals surface area contributed by atoms with Gasteiger partial charge in [-0.25, -0.2) is 0 Å². The molecule has 0 heterocycles. The summed E-state index contributed by atoms with van der Waals surface area (Å²) in [4.78, 5) is 36.3. The third-order valence-corrected chi connectivity index (χ3v) is 2.96. The standard InChI is InChI=1S/C16H23N3O3/c1-11(20)17-13-7-6-8-14(9-13)18-15(22)10-19(12(2)21)16(3,4)5/h6-9H,10H2,1-5H3,(H,17,20)(H,18,22). The summed E-state index contributed by atoms with van der Waals surface area (Å²) in [6.45, 7) is 8.45. The van der Waals surface area contributed by atoms with E-state index in [9.17, 15) is 14.4 Å². The number of benzene rings is 1. The number of nitrogens with one attached hydrogen (secondary N) is 2. The third kappa shape index (κ3) is 5.55. The van der Waals surface area contributed by atoms with Gasteiger partial charge < -0.3 is 15.5 Å². The van der Waals surface area contributed by atoms with Crippen LogP contribution in [0.5, 0.6) is 0 Å². The summed E-state index contributed by atoms with van der Waals surface area (Å²) in [5.41, 5.74) is 0.736. The van der Waals surface area contributed by atoms with Crippen LogP contribution in [-0.2, 0) is 14.4 Å². The van der Waals surface area contributed by atoms with Gasteiger partial charge >= 0.3 is 0 Å². The molecular formula is C16H23N3O3. The van der Waals surface area contributed by atoms with Crippen molar-refractivity contribution in [3.63, 3.8) is 0 Å². The Morgan fingerprint density at radius 2 is 1.59 bits per heavy atom. The molecule has 0 fully saturated rings. The Morgan fingerprint density at radius 1 is 1.05 bits per heavy atom. The van der Waals surface area contributed by atoms with E-state index >= 15 is 0 Å². The van der Waals surface area contributed by atoms with Gasteiger partial charge in [-0.15, -0.1) is 0 Å². The van der Waals surface area contributed by atoms with Gasteiger partial charge in [-0.05, 0) is 39.0 Å². The lowest BCUT2D eigenvalue weighted by atomic mass is 10.1. The number of nitrogens with zero attached hydrogens (tertiary/aromatic N) is 1. The molecule has 1 aromatic carbocycles. The lowest BCUT2D eigenvalue weighted by molar-refractivity contribution is -0.137. The highest BCUT2D eigenvalue weighted by molar-refractivity contribution is 5.95. The minimum atomic E-state index is -0.429. The molecule has 0 aliphatic heterocycles. The van der Waals surface area contributed by atoms with E-state index in [1.54, 1.807) is 24.3 Å². The average Bonchev–Trinajstić information content (AvgIpc) is 2.33. The van der Waals surface area contributed by atoms with Crippen LogP contribution >= 0.6 is 0 Å². The van der Waals surface area contributed by atoms with Gasteiger partial charge in [0.05, 0.1) is 0 Å². The lowest BCUT2D eigenvalue weighted by Crippen LogP contribution is -2.48. The molecule has 1 aromatic rings. The molecule has 0 aromatic heterocycles. The second-order valence-corrected chi connectivity index (χ2v) is 6.09. The molecule has 22 heavy (non-hydrogen) atoms. The van der Waals surface area contributed by atoms with E-state index < -0.39 is 5.54 Å². The fraction of sp³-hybridized carbons (Fsp3) is 0.438. The zero-order valence-corrected chi connectivity index (χ0v) is 13.7. The Bertz CT molecular complexity index is 576. The van der Waals surface area contributed by atoms with Gasteiger partial charge in [-0.1, -0.05) is 6.07 Å². The van der Waals surface area contributed by atoms with Gasteiger partial charge in [-0.2, -0.15) is 0 Å². The Labute approximate surface area is 130 Å². The lowest BCUT2D eigenvalue weighted by Gasteiger charge is -2.34. The summed E-state index contributed by atoms with van der Waals surface area (Å²) >= 11 is 0. The Balaban J connectivity index is 2.76. The second kappa shape index (κ2) is 7.06. The maximum absolute atomic E-state index is 12.1. The smallest absolute Gasteiger partial charge is 0.244 e. The zero-order valence-electron chi connectivity index (χ0n) is 13.7. The zero-order chi connectivity index (χ0) is 16.9. The summed E-state index contributed by atoms with van der Waals surface area (Å²) in [6, 6.07) is 6.84. The van der Waals surface area contributed by atoms with Gasteiger partial charge in [0.15, 0.2) is 0 Å². The minimum absolute atomic E-state index is 0.0246. The number of carbonyl (C=O) groups is 3. The number of hydrogen-bond donors (Lipinski definition) is 2. The van der Waals surface area contributed by atoms with Gasteiger partial charge in [0, 0.05) is 30.8 Å². The number of hydrogen-bond acceptors (Lipinski definition) is 3. The Morgan fingerprint density at radius 3 is 2.05 bits per heavy atom. The number of rotatable bonds is 4. The fourth-order valence-electron chi connectivity index (χ4n) is 2.04. The Kier molecular flexibility index (Phi) is 5.68. The molecule has 1 rings (SSSR count). The fourth-order valence-corrected chi connectivity index (χ4v) is 2.04. The van der Waals surface area contributed by atoms with Gasteiger partial charge in [0.25, 0.3) is 0 Å². The maximum atomic E-state index is 12.1. The first-order chi connectivity index (χ1) is 10.1. The SMILES string of the molecule is CC(=O)Nc1cccc(NC(=O)CN(C(C)=O)C(C)(C)C)c1. The first kappa shape index (κ1) is 17.7. The second-order valence-electron chi connectivity index (χ2n) is 6.09. The van der Waals surface area contributed by atoms with Crippen LogP contribution in [0.2, 0.25) is 0 Å². The summed E-state index contributed by atoms with van der Waals surface area (Å²) in [7, 11) is 0. The topological polar surface area (TPSA) is 78.5 Å². The van der Waals surface area contributed by atoms with Crippen molar-refractivity contribution in [2.24, 2.45) is 0 Å². The highest BCUT2D eigenvalue weighted by atomic mass is 16.2. The molecule has 0 radical (unpaired) electrons. The third-order valence-electron chi connectivity index (χ3n) is 2.96. The number of anilines is 2. The largest absolute Gasteiger partial charge is 0.329 e. The van der Waals surface area contributed by atoms with E-state index in [4.69, 9.17) is 0 Å². The van der Waals surface area contributed by atoms with E-state index in [1.165, 1.54) is 18.7 Å². The summed E-state index contributed by atoms with van der Waals surface area (Å²) < 4.78 is 0. The maximum Gasteiger partial charge on any atom is 0.244 e. The van der Waals surface area contributed by atoms with Crippen LogP contribution in [0, 0.1) is 0 Å². The normalized spacial score (nSPS) is 10.8. The first-order valence-electron chi connectivity index (χ1n) is 7.05. The van der Waals surface area contributed by atoms with Crippen LogP contribution in [-0.4, -0.2) is 34.7 Å². The van der Waals surface area contributed by atoms with Crippen molar-refractivity contribution in [3.05, 3.63) is 24.3 Å². The molecule has 3 amide bonds. The molecule has 6 nitrogen and oxygen atoms in total. The molecule has 6 heteroatoms. The molecule has 0 saturated carbocycles. The molecular weight excluding hydrogens is 282 g/mol. The summed E-state index contributed by atoms with van der Waals surface area (Å²) in [5, 5.41) is 5.38. The van der Waals surface area contributed by atoms with Crippen molar-refractivity contribution in [1.29, 1.82) is 0 Å². The molecule has 0 unspecified atom stereocenters. The van der Waals surface area contributed by atoms with Crippen molar-refractivity contribution in [2.75, 3.05) is 17.2 Å². The predicted molar refractivity (Wildman–Crippen MR) is 86.5 cm³/mol. The molecule has 0 bridgehead atoms. The molecule has 2 N–H and O–H groups in total. The quantitative estimate of drug-likeness (QED) is 0.895. The van der Waals surface area contributed by atoms with E-state index in [0.717, 1.165) is 0 Å². The molecule has 0 aliphatic rings. The molecule has 0 saturated heterocycles. The van der Waals surface area contributed by atoms with Gasteiger partial charge in [-0.3, -0.25) is 14.4 Å². The monoisotopic (exact) mass is 305 g/mol. The van der Waals surface area contributed by atoms with E-state index in [1.807, 2.05) is 20.8 Å². The highest BCUT2D eigenvalue weighted by Crippen LogP contribution is 2.16. The van der Waals surface area contributed by atoms with E-state index in [-0.39, 0.29) is 24.3 Å². The first-order valence-corrected chi connectivity index (χ1v) is 7.05. The minimum Gasteiger partial charge on any atom is -0.329 e. The summed E-state index contributed by atoms with van der Waals surface area (Å²) in [5.74, 6) is -0.626. The van der Waals surface area contributed by atoms with Gasteiger partial charge in [0.2, 0.25) is 17.7 Å². The Hall–Kier alpha value is -2.37. The van der Waals surface area contributed by atoms with Crippen LogP contribution in [0.4, 0.5) is 11.4 Å². The van der Waals surface area contributed by atoms with Crippen molar-refractivity contribution in [1.82, 2.24) is 4.90 Å². The molecule has 0 atom stereocenters. The van der Waals surface area contributed by atoms with Gasteiger partial charge in [0.1, 0.15) is 6.54 Å². The van der Waals surface area contributed by atoms with Crippen LogP contribution in [0.25, 0.3) is 0 Å². The number of amides is 3. The van der Waals surface area contributed by atoms with Crippen molar-refractivity contribution in [3.8, 4) is 0 Å². The van der Waals surface area contributed by atoms with Crippen LogP contribution < -0.4 is 10.6 Å². The van der Waals surface area contributed by atoms with Crippen LogP contribution in [0.1, 0.15) is 34.6 Å². The van der Waals surface area contributed by atoms with E-state index in [2.05, 4.69) is 10.6 Å². The predicted octanol–water partition coefficient (Wildman–Crippen LogP) is 2.23. The molecule has 0 spiro atoms. The summed E-state index contributed by atoms with van der Waals surface area (Å²) in [6.07, 6.45) is 0. The highest BCUT2D eigenvalue weighted by Gasteiger charge is 2.25.